The van der Waals surface area contributed by atoms with Crippen molar-refractivity contribution in [3.63, 3.8) is 0 Å². The van der Waals surface area contributed by atoms with Gasteiger partial charge in [-0.2, -0.15) is 0 Å². The van der Waals surface area contributed by atoms with Gasteiger partial charge in [0.15, 0.2) is 0 Å². The van der Waals surface area contributed by atoms with E-state index in [1.807, 2.05) is 37.4 Å². The molecule has 3 nitrogen and oxygen atoms in total. The van der Waals surface area contributed by atoms with E-state index in [9.17, 15) is 4.79 Å². The summed E-state index contributed by atoms with van der Waals surface area (Å²) in [4.78, 5) is 13.2. The summed E-state index contributed by atoms with van der Waals surface area (Å²) >= 11 is 6.03. The maximum Gasteiger partial charge on any atom is 0.335 e. The molecule has 1 atom stereocenters. The third kappa shape index (κ3) is 4.06. The van der Waals surface area contributed by atoms with E-state index in [1.165, 1.54) is 0 Å². The van der Waals surface area contributed by atoms with Crippen molar-refractivity contribution >= 4 is 17.6 Å². The lowest BCUT2D eigenvalue weighted by atomic mass is 10.1. The summed E-state index contributed by atoms with van der Waals surface area (Å²) in [6.45, 7) is 2.78. The van der Waals surface area contributed by atoms with Gasteiger partial charge in [0.2, 0.25) is 0 Å². The van der Waals surface area contributed by atoms with Gasteiger partial charge in [0, 0.05) is 17.6 Å². The van der Waals surface area contributed by atoms with Crippen LogP contribution in [-0.2, 0) is 6.54 Å². The summed E-state index contributed by atoms with van der Waals surface area (Å²) in [6, 6.07) is 15.0. The van der Waals surface area contributed by atoms with E-state index in [1.54, 1.807) is 18.2 Å². The first kappa shape index (κ1) is 15.5. The molecule has 0 amide bonds. The van der Waals surface area contributed by atoms with Crippen LogP contribution in [0.3, 0.4) is 0 Å². The second-order valence-corrected chi connectivity index (χ2v) is 5.59. The fraction of sp³-hybridized carbons (Fsp3) is 0.235. The minimum Gasteiger partial charge on any atom is -0.478 e. The SMILES string of the molecule is CC(c1cccc(Cl)c1)N(C)Cc1cccc(C(=O)O)c1. The third-order valence-corrected chi connectivity index (χ3v) is 3.83. The van der Waals surface area contributed by atoms with Crippen molar-refractivity contribution in [3.8, 4) is 0 Å². The van der Waals surface area contributed by atoms with E-state index in [-0.39, 0.29) is 6.04 Å². The Bertz CT molecular complexity index is 642. The monoisotopic (exact) mass is 303 g/mol. The predicted molar refractivity (Wildman–Crippen MR) is 84.7 cm³/mol. The molecule has 0 aromatic heterocycles. The van der Waals surface area contributed by atoms with Crippen LogP contribution in [0.15, 0.2) is 48.5 Å². The second-order valence-electron chi connectivity index (χ2n) is 5.15. The Kier molecular flexibility index (Phi) is 4.99. The number of benzene rings is 2. The van der Waals surface area contributed by atoms with Crippen LogP contribution in [0.2, 0.25) is 5.02 Å². The maximum atomic E-state index is 11.0. The molecule has 0 saturated heterocycles. The zero-order valence-electron chi connectivity index (χ0n) is 12.1. The van der Waals surface area contributed by atoms with Gasteiger partial charge in [0.25, 0.3) is 0 Å². The second kappa shape index (κ2) is 6.74. The highest BCUT2D eigenvalue weighted by Crippen LogP contribution is 2.23. The molecule has 2 rings (SSSR count). The number of carbonyl (C=O) groups is 1. The van der Waals surface area contributed by atoms with Crippen LogP contribution < -0.4 is 0 Å². The highest BCUT2D eigenvalue weighted by Gasteiger charge is 2.13. The molecule has 0 aliphatic rings. The van der Waals surface area contributed by atoms with Gasteiger partial charge in [-0.1, -0.05) is 35.9 Å². The largest absolute Gasteiger partial charge is 0.478 e. The molecule has 21 heavy (non-hydrogen) atoms. The first-order valence-electron chi connectivity index (χ1n) is 6.75. The average molecular weight is 304 g/mol. The number of hydrogen-bond donors (Lipinski definition) is 1. The highest BCUT2D eigenvalue weighted by atomic mass is 35.5. The van der Waals surface area contributed by atoms with Gasteiger partial charge in [-0.3, -0.25) is 4.90 Å². The van der Waals surface area contributed by atoms with Crippen LogP contribution >= 0.6 is 11.6 Å². The predicted octanol–water partition coefficient (Wildman–Crippen LogP) is 4.23. The molecular formula is C17H18ClNO2. The quantitative estimate of drug-likeness (QED) is 0.898. The Morgan fingerprint density at radius 3 is 2.62 bits per heavy atom. The van der Waals surface area contributed by atoms with Crippen LogP contribution in [0.1, 0.15) is 34.5 Å². The average Bonchev–Trinajstić information content (AvgIpc) is 2.46. The van der Waals surface area contributed by atoms with Crippen LogP contribution in [0, 0.1) is 0 Å². The van der Waals surface area contributed by atoms with Crippen molar-refractivity contribution in [3.05, 3.63) is 70.2 Å². The van der Waals surface area contributed by atoms with Crippen molar-refractivity contribution in [2.45, 2.75) is 19.5 Å². The molecule has 1 N–H and O–H groups in total. The van der Waals surface area contributed by atoms with Crippen LogP contribution in [-0.4, -0.2) is 23.0 Å². The molecule has 0 radical (unpaired) electrons. The molecule has 0 heterocycles. The lowest BCUT2D eigenvalue weighted by Crippen LogP contribution is -2.22. The fourth-order valence-electron chi connectivity index (χ4n) is 2.25. The van der Waals surface area contributed by atoms with Crippen LogP contribution in [0.5, 0.6) is 0 Å². The molecule has 0 spiro atoms. The van der Waals surface area contributed by atoms with Gasteiger partial charge < -0.3 is 5.11 Å². The zero-order chi connectivity index (χ0) is 15.4. The van der Waals surface area contributed by atoms with E-state index >= 15 is 0 Å². The smallest absolute Gasteiger partial charge is 0.335 e. The minimum absolute atomic E-state index is 0.192. The van der Waals surface area contributed by atoms with E-state index in [0.29, 0.717) is 12.1 Å². The molecule has 110 valence electrons. The molecule has 0 aliphatic carbocycles. The number of aromatic carboxylic acids is 1. The number of nitrogens with zero attached hydrogens (tertiary/aromatic N) is 1. The maximum absolute atomic E-state index is 11.0. The molecule has 4 heteroatoms. The number of halogens is 1. The van der Waals surface area contributed by atoms with Gasteiger partial charge in [-0.05, 0) is 49.4 Å². The van der Waals surface area contributed by atoms with Gasteiger partial charge in [0.1, 0.15) is 0 Å². The number of carboxylic acids is 1. The normalized spacial score (nSPS) is 12.4. The van der Waals surface area contributed by atoms with Crippen molar-refractivity contribution in [1.29, 1.82) is 0 Å². The Morgan fingerprint density at radius 2 is 1.95 bits per heavy atom. The molecular weight excluding hydrogens is 286 g/mol. The molecule has 2 aromatic carbocycles. The number of rotatable bonds is 5. The molecule has 0 fully saturated rings. The molecule has 0 aliphatic heterocycles. The van der Waals surface area contributed by atoms with Gasteiger partial charge in [-0.15, -0.1) is 0 Å². The summed E-state index contributed by atoms with van der Waals surface area (Å²) in [5.74, 6) is -0.901. The summed E-state index contributed by atoms with van der Waals surface area (Å²) in [5.41, 5.74) is 2.43. The number of hydrogen-bond acceptors (Lipinski definition) is 2. The molecule has 0 saturated carbocycles. The minimum atomic E-state index is -0.901. The van der Waals surface area contributed by atoms with Gasteiger partial charge in [-0.25, -0.2) is 4.79 Å². The zero-order valence-corrected chi connectivity index (χ0v) is 12.8. The van der Waals surface area contributed by atoms with E-state index in [4.69, 9.17) is 16.7 Å². The Balaban J connectivity index is 2.12. The first-order valence-corrected chi connectivity index (χ1v) is 7.13. The van der Waals surface area contributed by atoms with Gasteiger partial charge >= 0.3 is 5.97 Å². The van der Waals surface area contributed by atoms with E-state index in [2.05, 4.69) is 11.8 Å². The summed E-state index contributed by atoms with van der Waals surface area (Å²) < 4.78 is 0. The van der Waals surface area contributed by atoms with Crippen molar-refractivity contribution in [2.24, 2.45) is 0 Å². The molecule has 1 unspecified atom stereocenters. The first-order chi connectivity index (χ1) is 9.97. The van der Waals surface area contributed by atoms with E-state index < -0.39 is 5.97 Å². The lowest BCUT2D eigenvalue weighted by Gasteiger charge is -2.25. The van der Waals surface area contributed by atoms with Crippen molar-refractivity contribution in [2.75, 3.05) is 7.05 Å². The summed E-state index contributed by atoms with van der Waals surface area (Å²) in [5, 5.41) is 9.76. The van der Waals surface area contributed by atoms with Crippen LogP contribution in [0.25, 0.3) is 0 Å². The lowest BCUT2D eigenvalue weighted by molar-refractivity contribution is 0.0696. The highest BCUT2D eigenvalue weighted by molar-refractivity contribution is 6.30. The molecule has 2 aromatic rings. The summed E-state index contributed by atoms with van der Waals surface area (Å²) in [6.07, 6.45) is 0. The van der Waals surface area contributed by atoms with Crippen molar-refractivity contribution < 1.29 is 9.90 Å². The summed E-state index contributed by atoms with van der Waals surface area (Å²) in [7, 11) is 2.01. The standard InChI is InChI=1S/C17H18ClNO2/c1-12(14-6-4-8-16(18)10-14)19(2)11-13-5-3-7-15(9-13)17(20)21/h3-10,12H,11H2,1-2H3,(H,20,21). The fourth-order valence-corrected chi connectivity index (χ4v) is 2.45. The Labute approximate surface area is 129 Å². The van der Waals surface area contributed by atoms with Crippen molar-refractivity contribution in [1.82, 2.24) is 4.90 Å². The Hall–Kier alpha value is -1.84. The topological polar surface area (TPSA) is 40.5 Å². The molecule has 0 bridgehead atoms. The third-order valence-electron chi connectivity index (χ3n) is 3.60. The Morgan fingerprint density at radius 1 is 1.24 bits per heavy atom. The van der Waals surface area contributed by atoms with Gasteiger partial charge in [0.05, 0.1) is 5.56 Å². The number of carboxylic acid groups (broad SMARTS) is 1. The van der Waals surface area contributed by atoms with E-state index in [0.717, 1.165) is 16.1 Å². The van der Waals surface area contributed by atoms with Crippen LogP contribution in [0.4, 0.5) is 0 Å².